The summed E-state index contributed by atoms with van der Waals surface area (Å²) in [5.41, 5.74) is 3.14. The third kappa shape index (κ3) is 2.26. The molecule has 0 aliphatic rings. The first-order valence-corrected chi connectivity index (χ1v) is 6.24. The number of fused-ring (bicyclic) bond motifs is 1. The highest BCUT2D eigenvalue weighted by atomic mass is 16.7. The number of rotatable bonds is 6. The zero-order chi connectivity index (χ0) is 13.1. The monoisotopic (exact) mass is 252 g/mol. The summed E-state index contributed by atoms with van der Waals surface area (Å²) >= 11 is 0. The molecule has 0 aliphatic carbocycles. The topological polar surface area (TPSA) is 64.4 Å². The minimum atomic E-state index is -0.263. The molecular formula is C12H20N4O2. The van der Waals surface area contributed by atoms with Crippen LogP contribution in [-0.2, 0) is 28.7 Å². The van der Waals surface area contributed by atoms with Crippen molar-refractivity contribution in [2.45, 2.75) is 39.4 Å². The average molecular weight is 252 g/mol. The summed E-state index contributed by atoms with van der Waals surface area (Å²) < 4.78 is 12.1. The lowest BCUT2D eigenvalue weighted by atomic mass is 10.1. The van der Waals surface area contributed by atoms with Crippen molar-refractivity contribution in [3.8, 4) is 0 Å². The minimum Gasteiger partial charge on any atom is -0.356 e. The van der Waals surface area contributed by atoms with E-state index in [1.54, 1.807) is 18.8 Å². The maximum Gasteiger partial charge on any atom is 0.162 e. The van der Waals surface area contributed by atoms with Crippen LogP contribution in [0.1, 0.15) is 30.9 Å². The van der Waals surface area contributed by atoms with Gasteiger partial charge in [-0.2, -0.15) is 5.10 Å². The summed E-state index contributed by atoms with van der Waals surface area (Å²) in [6.07, 6.45) is 2.15. The van der Waals surface area contributed by atoms with Gasteiger partial charge in [0.25, 0.3) is 0 Å². The van der Waals surface area contributed by atoms with E-state index in [1.165, 1.54) is 5.56 Å². The molecule has 0 atom stereocenters. The van der Waals surface area contributed by atoms with Crippen molar-refractivity contribution in [2.24, 2.45) is 0 Å². The van der Waals surface area contributed by atoms with Crippen LogP contribution < -0.4 is 0 Å². The first kappa shape index (κ1) is 13.0. The van der Waals surface area contributed by atoms with E-state index in [-0.39, 0.29) is 6.29 Å². The number of H-pyrrole nitrogens is 1. The molecule has 0 fully saturated rings. The van der Waals surface area contributed by atoms with Gasteiger partial charge in [-0.25, -0.2) is 0 Å². The highest BCUT2D eigenvalue weighted by molar-refractivity contribution is 5.49. The summed E-state index contributed by atoms with van der Waals surface area (Å²) in [4.78, 5) is 3.30. The third-order valence-electron chi connectivity index (χ3n) is 3.10. The zero-order valence-corrected chi connectivity index (χ0v) is 11.4. The highest BCUT2D eigenvalue weighted by Gasteiger charge is 2.18. The summed E-state index contributed by atoms with van der Waals surface area (Å²) in [5.74, 6) is 0.953. The van der Waals surface area contributed by atoms with Gasteiger partial charge in [0.15, 0.2) is 11.9 Å². The van der Waals surface area contributed by atoms with Gasteiger partial charge < -0.3 is 14.5 Å². The number of aromatic nitrogens is 4. The lowest BCUT2D eigenvalue weighted by molar-refractivity contribution is -0.101. The van der Waals surface area contributed by atoms with E-state index in [9.17, 15) is 0 Å². The number of nitrogens with zero attached hydrogens (tertiary/aromatic N) is 3. The van der Waals surface area contributed by atoms with Gasteiger partial charge in [-0.3, -0.25) is 0 Å². The number of hydrogen-bond donors (Lipinski definition) is 1. The quantitative estimate of drug-likeness (QED) is 0.788. The number of ether oxygens (including phenoxy) is 2. The first-order valence-electron chi connectivity index (χ1n) is 6.24. The first-order chi connectivity index (χ1) is 8.73. The lowest BCUT2D eigenvalue weighted by Gasteiger charge is -2.12. The SMILES string of the molecule is CCc1nn2nc(CC(OC)OC)c(CC)c2[nH]1. The Balaban J connectivity index is 2.35. The predicted octanol–water partition coefficient (Wildman–Crippen LogP) is 1.34. The van der Waals surface area contributed by atoms with Crippen molar-refractivity contribution in [2.75, 3.05) is 14.2 Å². The van der Waals surface area contributed by atoms with Crippen LogP contribution in [0.5, 0.6) is 0 Å². The molecule has 2 rings (SSSR count). The normalized spacial score (nSPS) is 11.8. The smallest absolute Gasteiger partial charge is 0.162 e. The molecule has 1 N–H and O–H groups in total. The third-order valence-corrected chi connectivity index (χ3v) is 3.10. The molecular weight excluding hydrogens is 232 g/mol. The Kier molecular flexibility index (Phi) is 3.98. The van der Waals surface area contributed by atoms with Crippen LogP contribution in [0.2, 0.25) is 0 Å². The van der Waals surface area contributed by atoms with Gasteiger partial charge in [0.1, 0.15) is 5.82 Å². The largest absolute Gasteiger partial charge is 0.356 e. The average Bonchev–Trinajstić information content (AvgIpc) is 2.91. The van der Waals surface area contributed by atoms with Crippen LogP contribution in [-0.4, -0.2) is 40.3 Å². The van der Waals surface area contributed by atoms with Gasteiger partial charge in [-0.1, -0.05) is 13.8 Å². The standard InChI is InChI=1S/C12H20N4O2/c1-5-8-9(7-11(17-3)18-4)14-16-12(8)13-10(6-2)15-16/h11H,5-7H2,1-4H3,(H,13,15). The molecule has 2 aromatic rings. The summed E-state index contributed by atoms with van der Waals surface area (Å²) in [6, 6.07) is 0. The Morgan fingerprint density at radius 2 is 1.89 bits per heavy atom. The maximum absolute atomic E-state index is 5.22. The summed E-state index contributed by atoms with van der Waals surface area (Å²) in [7, 11) is 3.27. The number of hydrogen-bond acceptors (Lipinski definition) is 4. The number of nitrogens with one attached hydrogen (secondary N) is 1. The van der Waals surface area contributed by atoms with E-state index in [0.717, 1.165) is 30.0 Å². The fourth-order valence-electron chi connectivity index (χ4n) is 2.07. The van der Waals surface area contributed by atoms with Gasteiger partial charge >= 0.3 is 0 Å². The minimum absolute atomic E-state index is 0.263. The van der Waals surface area contributed by atoms with Crippen LogP contribution in [0, 0.1) is 0 Å². The second kappa shape index (κ2) is 5.49. The van der Waals surface area contributed by atoms with Crippen molar-refractivity contribution in [1.82, 2.24) is 19.8 Å². The van der Waals surface area contributed by atoms with Gasteiger partial charge in [0.2, 0.25) is 0 Å². The molecule has 100 valence electrons. The molecule has 0 aliphatic heterocycles. The van der Waals surface area contributed by atoms with Crippen molar-refractivity contribution in [3.05, 3.63) is 17.1 Å². The van der Waals surface area contributed by atoms with Gasteiger partial charge in [-0.15, -0.1) is 9.73 Å². The highest BCUT2D eigenvalue weighted by Crippen LogP contribution is 2.17. The van der Waals surface area contributed by atoms with E-state index >= 15 is 0 Å². The van der Waals surface area contributed by atoms with E-state index in [0.29, 0.717) is 6.42 Å². The number of methoxy groups -OCH3 is 2. The molecule has 6 nitrogen and oxygen atoms in total. The van der Waals surface area contributed by atoms with Crippen molar-refractivity contribution in [1.29, 1.82) is 0 Å². The molecule has 0 saturated heterocycles. The van der Waals surface area contributed by atoms with Crippen LogP contribution in [0.4, 0.5) is 0 Å². The molecule has 0 aromatic carbocycles. The molecule has 18 heavy (non-hydrogen) atoms. The van der Waals surface area contributed by atoms with E-state index < -0.39 is 0 Å². The molecule has 0 saturated carbocycles. The van der Waals surface area contributed by atoms with E-state index in [4.69, 9.17) is 9.47 Å². The molecule has 2 aromatic heterocycles. The number of aryl methyl sites for hydroxylation is 2. The van der Waals surface area contributed by atoms with Crippen LogP contribution in [0.15, 0.2) is 0 Å². The van der Waals surface area contributed by atoms with Crippen molar-refractivity contribution < 1.29 is 9.47 Å². The number of aromatic amines is 1. The molecule has 0 bridgehead atoms. The second-order valence-electron chi connectivity index (χ2n) is 4.15. The molecule has 0 amide bonds. The van der Waals surface area contributed by atoms with Crippen LogP contribution in [0.25, 0.3) is 5.65 Å². The molecule has 6 heteroatoms. The summed E-state index contributed by atoms with van der Waals surface area (Å²) in [5, 5.41) is 8.89. The van der Waals surface area contributed by atoms with Crippen molar-refractivity contribution in [3.63, 3.8) is 0 Å². The Labute approximate surface area is 106 Å². The maximum atomic E-state index is 5.22. The second-order valence-corrected chi connectivity index (χ2v) is 4.15. The van der Waals surface area contributed by atoms with E-state index in [1.807, 2.05) is 0 Å². The Morgan fingerprint density at radius 3 is 2.44 bits per heavy atom. The molecule has 0 spiro atoms. The van der Waals surface area contributed by atoms with Gasteiger partial charge in [0.05, 0.1) is 5.69 Å². The fraction of sp³-hybridized carbons (Fsp3) is 0.667. The molecule has 2 heterocycles. The Hall–Kier alpha value is -1.40. The van der Waals surface area contributed by atoms with Gasteiger partial charge in [0, 0.05) is 32.6 Å². The molecule has 0 radical (unpaired) electrons. The molecule has 0 unspecified atom stereocenters. The van der Waals surface area contributed by atoms with E-state index in [2.05, 4.69) is 29.0 Å². The lowest BCUT2D eigenvalue weighted by Crippen LogP contribution is -2.17. The van der Waals surface area contributed by atoms with Crippen LogP contribution >= 0.6 is 0 Å². The van der Waals surface area contributed by atoms with Crippen molar-refractivity contribution >= 4 is 5.65 Å². The predicted molar refractivity (Wildman–Crippen MR) is 67.6 cm³/mol. The van der Waals surface area contributed by atoms with Crippen LogP contribution in [0.3, 0.4) is 0 Å². The fourth-order valence-corrected chi connectivity index (χ4v) is 2.07. The summed E-state index contributed by atoms with van der Waals surface area (Å²) in [6.45, 7) is 4.18. The van der Waals surface area contributed by atoms with Gasteiger partial charge in [-0.05, 0) is 6.42 Å². The zero-order valence-electron chi connectivity index (χ0n) is 11.4. The Bertz CT molecular complexity index is 513. The Morgan fingerprint density at radius 1 is 1.17 bits per heavy atom.